The molecular formula is C19H20N2O2. The molecule has 0 fully saturated rings. The second-order valence-electron chi connectivity index (χ2n) is 5.62. The second kappa shape index (κ2) is 6.65. The molecule has 1 aliphatic rings. The largest absolute Gasteiger partial charge is 0.348 e. The van der Waals surface area contributed by atoms with E-state index in [-0.39, 0.29) is 11.8 Å². The van der Waals surface area contributed by atoms with Crippen LogP contribution in [0.2, 0.25) is 0 Å². The summed E-state index contributed by atoms with van der Waals surface area (Å²) < 4.78 is 0. The summed E-state index contributed by atoms with van der Waals surface area (Å²) in [5.74, 6) is 0.0158. The number of carbonyl (C=O) groups excluding carboxylic acids is 2. The lowest BCUT2D eigenvalue weighted by atomic mass is 10.0. The van der Waals surface area contributed by atoms with Gasteiger partial charge in [0.2, 0.25) is 5.91 Å². The molecule has 0 aromatic heterocycles. The molecule has 0 saturated heterocycles. The molecule has 0 aliphatic carbocycles. The molecule has 118 valence electrons. The van der Waals surface area contributed by atoms with Crippen molar-refractivity contribution in [3.8, 4) is 0 Å². The quantitative estimate of drug-likeness (QED) is 0.944. The molecule has 1 aliphatic heterocycles. The molecule has 4 nitrogen and oxygen atoms in total. The fraction of sp³-hybridized carbons (Fsp3) is 0.263. The Morgan fingerprint density at radius 1 is 1.09 bits per heavy atom. The minimum absolute atomic E-state index is 0.0866. The molecule has 0 spiro atoms. The molecule has 2 aromatic carbocycles. The number of hydrogen-bond donors (Lipinski definition) is 1. The number of nitrogens with one attached hydrogen (secondary N) is 1. The van der Waals surface area contributed by atoms with Crippen LogP contribution < -0.4 is 10.2 Å². The first-order valence-electron chi connectivity index (χ1n) is 7.95. The predicted octanol–water partition coefficient (Wildman–Crippen LogP) is 2.92. The molecule has 2 aromatic rings. The molecule has 0 saturated carbocycles. The van der Waals surface area contributed by atoms with Gasteiger partial charge in [-0.25, -0.2) is 0 Å². The Hall–Kier alpha value is -2.62. The maximum absolute atomic E-state index is 12.5. The van der Waals surface area contributed by atoms with E-state index in [1.165, 1.54) is 0 Å². The van der Waals surface area contributed by atoms with E-state index in [9.17, 15) is 9.59 Å². The monoisotopic (exact) mass is 308 g/mol. The third kappa shape index (κ3) is 3.11. The zero-order chi connectivity index (χ0) is 16.2. The molecule has 0 radical (unpaired) electrons. The van der Waals surface area contributed by atoms with Crippen LogP contribution in [0, 0.1) is 0 Å². The van der Waals surface area contributed by atoms with E-state index >= 15 is 0 Å². The van der Waals surface area contributed by atoms with Crippen LogP contribution in [-0.2, 0) is 17.8 Å². The van der Waals surface area contributed by atoms with E-state index in [1.807, 2.05) is 55.5 Å². The Kier molecular flexibility index (Phi) is 4.42. The van der Waals surface area contributed by atoms with Crippen molar-refractivity contribution in [3.63, 3.8) is 0 Å². The van der Waals surface area contributed by atoms with E-state index in [4.69, 9.17) is 0 Å². The Morgan fingerprint density at radius 2 is 1.87 bits per heavy atom. The summed E-state index contributed by atoms with van der Waals surface area (Å²) in [6.07, 6.45) is 1.21. The number of hydrogen-bond acceptors (Lipinski definition) is 2. The summed E-state index contributed by atoms with van der Waals surface area (Å²) in [5.41, 5.74) is 3.59. The summed E-state index contributed by atoms with van der Waals surface area (Å²) in [7, 11) is 0. The molecule has 2 amide bonds. The minimum atomic E-state index is -0.0866. The van der Waals surface area contributed by atoms with E-state index in [0.717, 1.165) is 23.2 Å². The third-order valence-corrected chi connectivity index (χ3v) is 4.17. The van der Waals surface area contributed by atoms with E-state index < -0.39 is 0 Å². The fourth-order valence-corrected chi connectivity index (χ4v) is 2.97. The van der Waals surface area contributed by atoms with Crippen LogP contribution in [0.3, 0.4) is 0 Å². The molecule has 0 unspecified atom stereocenters. The Bertz CT molecular complexity index is 725. The SMILES string of the molecule is CCC(=O)N1CCc2c(C(=O)NCc3ccccc3)cccc21. The smallest absolute Gasteiger partial charge is 0.251 e. The summed E-state index contributed by atoms with van der Waals surface area (Å²) in [4.78, 5) is 26.3. The lowest BCUT2D eigenvalue weighted by Gasteiger charge is -2.16. The molecular weight excluding hydrogens is 288 g/mol. The van der Waals surface area contributed by atoms with Gasteiger partial charge in [-0.1, -0.05) is 43.3 Å². The number of carbonyl (C=O) groups is 2. The molecule has 23 heavy (non-hydrogen) atoms. The van der Waals surface area contributed by atoms with Crippen molar-refractivity contribution >= 4 is 17.5 Å². The van der Waals surface area contributed by atoms with Crippen molar-refractivity contribution in [1.29, 1.82) is 0 Å². The van der Waals surface area contributed by atoms with Gasteiger partial charge in [0.25, 0.3) is 5.91 Å². The van der Waals surface area contributed by atoms with E-state index in [2.05, 4.69) is 5.32 Å². The van der Waals surface area contributed by atoms with Gasteiger partial charge in [0.1, 0.15) is 0 Å². The first-order chi connectivity index (χ1) is 11.2. The van der Waals surface area contributed by atoms with Crippen molar-refractivity contribution in [2.75, 3.05) is 11.4 Å². The average molecular weight is 308 g/mol. The van der Waals surface area contributed by atoms with Gasteiger partial charge in [-0.05, 0) is 29.7 Å². The zero-order valence-corrected chi connectivity index (χ0v) is 13.2. The maximum Gasteiger partial charge on any atom is 0.251 e. The zero-order valence-electron chi connectivity index (χ0n) is 13.2. The van der Waals surface area contributed by atoms with Crippen LogP contribution in [-0.4, -0.2) is 18.4 Å². The second-order valence-corrected chi connectivity index (χ2v) is 5.62. The number of anilines is 1. The fourth-order valence-electron chi connectivity index (χ4n) is 2.97. The first-order valence-corrected chi connectivity index (χ1v) is 7.95. The minimum Gasteiger partial charge on any atom is -0.348 e. The molecule has 0 bridgehead atoms. The summed E-state index contributed by atoms with van der Waals surface area (Å²) >= 11 is 0. The highest BCUT2D eigenvalue weighted by Gasteiger charge is 2.27. The first kappa shape index (κ1) is 15.3. The number of nitrogens with zero attached hydrogens (tertiary/aromatic N) is 1. The Labute approximate surface area is 136 Å². The average Bonchev–Trinajstić information content (AvgIpc) is 3.04. The lowest BCUT2D eigenvalue weighted by Crippen LogP contribution is -2.27. The van der Waals surface area contributed by atoms with Gasteiger partial charge >= 0.3 is 0 Å². The van der Waals surface area contributed by atoms with Gasteiger partial charge in [-0.15, -0.1) is 0 Å². The van der Waals surface area contributed by atoms with Crippen LogP contribution in [0.25, 0.3) is 0 Å². The normalized spacial score (nSPS) is 12.8. The highest BCUT2D eigenvalue weighted by atomic mass is 16.2. The van der Waals surface area contributed by atoms with Crippen LogP contribution in [0.15, 0.2) is 48.5 Å². The summed E-state index contributed by atoms with van der Waals surface area (Å²) in [6.45, 7) is 3.02. The van der Waals surface area contributed by atoms with Crippen LogP contribution >= 0.6 is 0 Å². The van der Waals surface area contributed by atoms with Gasteiger partial charge in [0.05, 0.1) is 0 Å². The van der Waals surface area contributed by atoms with Gasteiger partial charge in [-0.2, -0.15) is 0 Å². The van der Waals surface area contributed by atoms with Crippen molar-refractivity contribution in [3.05, 3.63) is 65.2 Å². The highest BCUT2D eigenvalue weighted by Crippen LogP contribution is 2.31. The van der Waals surface area contributed by atoms with Gasteiger partial charge < -0.3 is 10.2 Å². The van der Waals surface area contributed by atoms with Gasteiger partial charge in [0, 0.05) is 30.8 Å². The third-order valence-electron chi connectivity index (χ3n) is 4.17. The van der Waals surface area contributed by atoms with Crippen molar-refractivity contribution in [1.82, 2.24) is 5.32 Å². The Balaban J connectivity index is 1.77. The number of amides is 2. The number of fused-ring (bicyclic) bond motifs is 1. The summed E-state index contributed by atoms with van der Waals surface area (Å²) in [6, 6.07) is 15.4. The number of benzene rings is 2. The molecule has 0 atom stereocenters. The van der Waals surface area contributed by atoms with Gasteiger partial charge in [0.15, 0.2) is 0 Å². The number of rotatable bonds is 4. The van der Waals surface area contributed by atoms with Crippen LogP contribution in [0.1, 0.15) is 34.8 Å². The highest BCUT2D eigenvalue weighted by molar-refractivity contribution is 6.01. The summed E-state index contributed by atoms with van der Waals surface area (Å²) in [5, 5.41) is 2.96. The maximum atomic E-state index is 12.5. The van der Waals surface area contributed by atoms with Crippen LogP contribution in [0.5, 0.6) is 0 Å². The Morgan fingerprint density at radius 3 is 2.61 bits per heavy atom. The van der Waals surface area contributed by atoms with E-state index in [0.29, 0.717) is 25.1 Å². The van der Waals surface area contributed by atoms with E-state index in [1.54, 1.807) is 4.90 Å². The van der Waals surface area contributed by atoms with Crippen molar-refractivity contribution in [2.45, 2.75) is 26.3 Å². The molecule has 1 N–H and O–H groups in total. The van der Waals surface area contributed by atoms with Crippen molar-refractivity contribution < 1.29 is 9.59 Å². The predicted molar refractivity (Wildman–Crippen MR) is 90.4 cm³/mol. The standard InChI is InChI=1S/C19H20N2O2/c1-2-18(22)21-12-11-15-16(9-6-10-17(15)21)19(23)20-13-14-7-4-3-5-8-14/h3-10H,2,11-13H2,1H3,(H,20,23). The van der Waals surface area contributed by atoms with Gasteiger partial charge in [-0.3, -0.25) is 9.59 Å². The lowest BCUT2D eigenvalue weighted by molar-refractivity contribution is -0.118. The molecule has 4 heteroatoms. The molecule has 1 heterocycles. The van der Waals surface area contributed by atoms with Crippen molar-refractivity contribution in [2.24, 2.45) is 0 Å². The van der Waals surface area contributed by atoms with Crippen LogP contribution in [0.4, 0.5) is 5.69 Å². The molecule has 3 rings (SSSR count). The topological polar surface area (TPSA) is 49.4 Å².